The molecule has 0 aliphatic carbocycles. The number of rotatable bonds is 6. The zero-order valence-corrected chi connectivity index (χ0v) is 12.3. The van der Waals surface area contributed by atoms with Crippen LogP contribution in [0.15, 0.2) is 0 Å². The summed E-state index contributed by atoms with van der Waals surface area (Å²) in [5.74, 6) is -1.79. The van der Waals surface area contributed by atoms with Gasteiger partial charge in [0, 0.05) is 26.1 Å². The number of primary amides is 1. The Morgan fingerprint density at radius 2 is 1.90 bits per heavy atom. The van der Waals surface area contributed by atoms with Gasteiger partial charge in [-0.05, 0) is 5.92 Å². The Hall–Kier alpha value is -1.83. The number of urea groups is 1. The smallest absolute Gasteiger partial charge is 0.329 e. The zero-order valence-electron chi connectivity index (χ0n) is 12.3. The maximum Gasteiger partial charge on any atom is 0.329 e. The van der Waals surface area contributed by atoms with Crippen LogP contribution in [0.2, 0.25) is 0 Å². The molecule has 5 N–H and O–H groups in total. The van der Waals surface area contributed by atoms with E-state index in [-0.39, 0.29) is 32.0 Å². The van der Waals surface area contributed by atoms with Crippen molar-refractivity contribution in [3.63, 3.8) is 0 Å². The Kier molecular flexibility index (Phi) is 5.95. The highest BCUT2D eigenvalue weighted by Crippen LogP contribution is 2.22. The van der Waals surface area contributed by atoms with Crippen LogP contribution >= 0.6 is 0 Å². The Bertz CT molecular complexity index is 407. The fourth-order valence-electron chi connectivity index (χ4n) is 2.28. The third-order valence-corrected chi connectivity index (χ3v) is 3.91. The number of hydrogen-bond donors (Lipinski definition) is 4. The van der Waals surface area contributed by atoms with Crippen LogP contribution in [-0.2, 0) is 14.3 Å². The number of carboxylic acids is 1. The summed E-state index contributed by atoms with van der Waals surface area (Å²) in [5.41, 5.74) is 3.74. The van der Waals surface area contributed by atoms with Gasteiger partial charge in [0.15, 0.2) is 0 Å². The summed E-state index contributed by atoms with van der Waals surface area (Å²) in [6.07, 6.45) is 1.03. The minimum atomic E-state index is -1.35. The molecule has 21 heavy (non-hydrogen) atoms. The molecule has 1 aliphatic rings. The third kappa shape index (κ3) is 4.32. The molecule has 8 heteroatoms. The minimum absolute atomic E-state index is 0.164. The Balaban J connectivity index is 2.87. The lowest BCUT2D eigenvalue weighted by molar-refractivity contribution is -0.152. The van der Waals surface area contributed by atoms with Crippen molar-refractivity contribution in [2.75, 3.05) is 13.2 Å². The van der Waals surface area contributed by atoms with Crippen LogP contribution in [0.5, 0.6) is 0 Å². The van der Waals surface area contributed by atoms with Crippen LogP contribution in [0.4, 0.5) is 4.79 Å². The molecule has 2 atom stereocenters. The van der Waals surface area contributed by atoms with E-state index in [9.17, 15) is 19.5 Å². The van der Waals surface area contributed by atoms with Crippen LogP contribution in [0.3, 0.4) is 0 Å². The monoisotopic (exact) mass is 301 g/mol. The lowest BCUT2D eigenvalue weighted by Gasteiger charge is -2.35. The van der Waals surface area contributed by atoms with Crippen molar-refractivity contribution in [1.29, 1.82) is 0 Å². The number of carbonyl (C=O) groups excluding carboxylic acids is 2. The molecule has 3 amide bonds. The summed E-state index contributed by atoms with van der Waals surface area (Å²) in [4.78, 5) is 34.9. The van der Waals surface area contributed by atoms with Gasteiger partial charge in [0.1, 0.15) is 11.6 Å². The first-order valence-corrected chi connectivity index (χ1v) is 7.01. The summed E-state index contributed by atoms with van der Waals surface area (Å²) >= 11 is 0. The molecule has 0 aromatic heterocycles. The highest BCUT2D eigenvalue weighted by atomic mass is 16.5. The number of carbonyl (C=O) groups is 3. The average molecular weight is 301 g/mol. The lowest BCUT2D eigenvalue weighted by Crippen LogP contribution is -2.62. The number of nitrogens with one attached hydrogen (secondary N) is 2. The second kappa shape index (κ2) is 7.26. The first kappa shape index (κ1) is 17.2. The fraction of sp³-hybridized carbons (Fsp3) is 0.769. The fourth-order valence-corrected chi connectivity index (χ4v) is 2.28. The summed E-state index contributed by atoms with van der Waals surface area (Å²) in [5, 5.41) is 14.4. The van der Waals surface area contributed by atoms with E-state index >= 15 is 0 Å². The van der Waals surface area contributed by atoms with E-state index in [2.05, 4.69) is 10.6 Å². The van der Waals surface area contributed by atoms with E-state index in [1.54, 1.807) is 6.92 Å². The molecule has 1 heterocycles. The standard InChI is InChI=1S/C13H23N3O5/c1-3-8(2)9(15-12(14)20)10(17)16-13(11(18)19)4-6-21-7-5-13/h8-9H,3-7H2,1-2H3,(H,16,17)(H,18,19)(H3,14,15,20). The molecule has 1 saturated heterocycles. The molecule has 8 nitrogen and oxygen atoms in total. The molecule has 0 aromatic carbocycles. The lowest BCUT2D eigenvalue weighted by atomic mass is 9.88. The quantitative estimate of drug-likeness (QED) is 0.540. The molecular weight excluding hydrogens is 278 g/mol. The van der Waals surface area contributed by atoms with Gasteiger partial charge >= 0.3 is 12.0 Å². The van der Waals surface area contributed by atoms with E-state index in [4.69, 9.17) is 10.5 Å². The van der Waals surface area contributed by atoms with Crippen molar-refractivity contribution in [3.05, 3.63) is 0 Å². The molecule has 120 valence electrons. The summed E-state index contributed by atoms with van der Waals surface area (Å²) in [6, 6.07) is -1.67. The number of amides is 3. The second-order valence-corrected chi connectivity index (χ2v) is 5.36. The molecule has 0 radical (unpaired) electrons. The Morgan fingerprint density at radius 3 is 2.33 bits per heavy atom. The van der Waals surface area contributed by atoms with Crippen LogP contribution in [0.1, 0.15) is 33.1 Å². The molecule has 2 unspecified atom stereocenters. The van der Waals surface area contributed by atoms with Crippen molar-refractivity contribution >= 4 is 17.9 Å². The van der Waals surface area contributed by atoms with Gasteiger partial charge in [-0.15, -0.1) is 0 Å². The first-order chi connectivity index (χ1) is 9.82. The molecule has 0 saturated carbocycles. The Labute approximate surface area is 123 Å². The maximum absolute atomic E-state index is 12.4. The minimum Gasteiger partial charge on any atom is -0.480 e. The van der Waals surface area contributed by atoms with E-state index in [1.807, 2.05) is 6.92 Å². The van der Waals surface area contributed by atoms with Crippen LogP contribution in [-0.4, -0.2) is 47.8 Å². The van der Waals surface area contributed by atoms with Crippen LogP contribution in [0.25, 0.3) is 0 Å². The van der Waals surface area contributed by atoms with Crippen molar-refractivity contribution in [2.24, 2.45) is 11.7 Å². The molecule has 0 spiro atoms. The third-order valence-electron chi connectivity index (χ3n) is 3.91. The largest absolute Gasteiger partial charge is 0.480 e. The van der Waals surface area contributed by atoms with Crippen LogP contribution < -0.4 is 16.4 Å². The molecule has 1 rings (SSSR count). The van der Waals surface area contributed by atoms with Crippen molar-refractivity contribution in [2.45, 2.75) is 44.7 Å². The predicted octanol–water partition coefficient (Wildman–Crippen LogP) is -0.181. The summed E-state index contributed by atoms with van der Waals surface area (Å²) in [7, 11) is 0. The highest BCUT2D eigenvalue weighted by Gasteiger charge is 2.43. The van der Waals surface area contributed by atoms with Crippen molar-refractivity contribution < 1.29 is 24.2 Å². The highest BCUT2D eigenvalue weighted by molar-refractivity contribution is 5.91. The summed E-state index contributed by atoms with van der Waals surface area (Å²) in [6.45, 7) is 4.19. The van der Waals surface area contributed by atoms with Gasteiger partial charge < -0.3 is 26.2 Å². The normalized spacial score (nSPS) is 20.1. The number of ether oxygens (including phenoxy) is 1. The number of carboxylic acid groups (broad SMARTS) is 1. The van der Waals surface area contributed by atoms with Gasteiger partial charge in [0.05, 0.1) is 0 Å². The number of aliphatic carboxylic acids is 1. The second-order valence-electron chi connectivity index (χ2n) is 5.36. The molecule has 1 aliphatic heterocycles. The van der Waals surface area contributed by atoms with E-state index < -0.39 is 29.5 Å². The molecule has 0 bridgehead atoms. The van der Waals surface area contributed by atoms with Crippen LogP contribution in [0, 0.1) is 5.92 Å². The number of nitrogens with two attached hydrogens (primary N) is 1. The van der Waals surface area contributed by atoms with Gasteiger partial charge in [-0.2, -0.15) is 0 Å². The van der Waals surface area contributed by atoms with E-state index in [0.717, 1.165) is 0 Å². The Morgan fingerprint density at radius 1 is 1.33 bits per heavy atom. The van der Waals surface area contributed by atoms with Gasteiger partial charge in [-0.3, -0.25) is 4.79 Å². The maximum atomic E-state index is 12.4. The van der Waals surface area contributed by atoms with E-state index in [1.165, 1.54) is 0 Å². The van der Waals surface area contributed by atoms with Crippen molar-refractivity contribution in [3.8, 4) is 0 Å². The van der Waals surface area contributed by atoms with Gasteiger partial charge in [-0.25, -0.2) is 9.59 Å². The van der Waals surface area contributed by atoms with E-state index in [0.29, 0.717) is 6.42 Å². The number of hydrogen-bond acceptors (Lipinski definition) is 4. The molecule has 0 aromatic rings. The van der Waals surface area contributed by atoms with Gasteiger partial charge in [0.2, 0.25) is 5.91 Å². The summed E-state index contributed by atoms with van der Waals surface area (Å²) < 4.78 is 5.15. The predicted molar refractivity (Wildman–Crippen MR) is 74.5 cm³/mol. The average Bonchev–Trinajstić information content (AvgIpc) is 2.44. The van der Waals surface area contributed by atoms with Gasteiger partial charge in [-0.1, -0.05) is 20.3 Å². The topological polar surface area (TPSA) is 131 Å². The van der Waals surface area contributed by atoms with Crippen molar-refractivity contribution in [1.82, 2.24) is 10.6 Å². The SMILES string of the molecule is CCC(C)C(NC(N)=O)C(=O)NC1(C(=O)O)CCOCC1. The first-order valence-electron chi connectivity index (χ1n) is 7.01. The van der Waals surface area contributed by atoms with Gasteiger partial charge in [0.25, 0.3) is 0 Å². The molecular formula is C13H23N3O5. The zero-order chi connectivity index (χ0) is 16.0. The molecule has 1 fully saturated rings.